The maximum atomic E-state index is 10.4. The monoisotopic (exact) mass is 787 g/mol. The maximum Gasteiger partial charge on any atom is 1.00 e. The first-order valence-corrected chi connectivity index (χ1v) is 22.0. The molecule has 4 nitrogen and oxygen atoms in total. The molecule has 0 fully saturated rings. The quantitative estimate of drug-likeness (QED) is 0.0496. The van der Waals surface area contributed by atoms with Gasteiger partial charge in [-0.1, -0.05) is 245 Å². The number of carboxylic acid groups (broad SMARTS) is 2. The number of carboxylic acids is 2. The Kier molecular flexibility index (Phi) is 53.9. The van der Waals surface area contributed by atoms with Crippen molar-refractivity contribution in [1.29, 1.82) is 0 Å². The van der Waals surface area contributed by atoms with E-state index in [9.17, 15) is 14.7 Å². The number of hydrogen-bond acceptors (Lipinski definition) is 3. The van der Waals surface area contributed by atoms with Gasteiger partial charge < -0.3 is 15.0 Å². The zero-order valence-electron chi connectivity index (χ0n) is 33.3. The van der Waals surface area contributed by atoms with Crippen LogP contribution in [0.15, 0.2) is 0 Å². The van der Waals surface area contributed by atoms with Crippen LogP contribution in [0.2, 0.25) is 0 Å². The van der Waals surface area contributed by atoms with Crippen molar-refractivity contribution in [3.63, 3.8) is 0 Å². The molecule has 0 aromatic carbocycles. The Morgan fingerprint density at radius 1 is 0.327 bits per heavy atom. The van der Waals surface area contributed by atoms with Crippen LogP contribution in [0.25, 0.3) is 0 Å². The van der Waals surface area contributed by atoms with Crippen LogP contribution in [0.4, 0.5) is 0 Å². The fourth-order valence-electron chi connectivity index (χ4n) is 6.70. The molecule has 0 amide bonds. The first-order valence-electron chi connectivity index (χ1n) is 22.0. The van der Waals surface area contributed by atoms with Crippen molar-refractivity contribution < 1.29 is 42.2 Å². The fourth-order valence-corrected chi connectivity index (χ4v) is 6.70. The summed E-state index contributed by atoms with van der Waals surface area (Å²) in [5.74, 6) is -1.55. The second kappa shape index (κ2) is 49.8. The molecule has 0 radical (unpaired) electrons. The van der Waals surface area contributed by atoms with E-state index >= 15 is 0 Å². The van der Waals surface area contributed by atoms with E-state index in [2.05, 4.69) is 13.8 Å². The summed E-state index contributed by atoms with van der Waals surface area (Å²) in [7, 11) is 0. The van der Waals surface area contributed by atoms with E-state index in [0.29, 0.717) is 6.42 Å². The molecule has 0 heterocycles. The smallest absolute Gasteiger partial charge is 0.550 e. The molecular weight excluding hydrogens is 700 g/mol. The molecule has 1 N–H and O–H groups in total. The van der Waals surface area contributed by atoms with Crippen LogP contribution in [0.1, 0.15) is 271 Å². The van der Waals surface area contributed by atoms with Gasteiger partial charge in [-0.2, -0.15) is 0 Å². The predicted octanol–water partition coefficient (Wildman–Crippen LogP) is 14.4. The largest absolute Gasteiger partial charge is 1.00 e. The number of carbonyl (C=O) groups is 2. The van der Waals surface area contributed by atoms with E-state index in [1.165, 1.54) is 218 Å². The van der Waals surface area contributed by atoms with Crippen LogP contribution in [0.5, 0.6) is 0 Å². The minimum Gasteiger partial charge on any atom is -0.550 e. The zero-order chi connectivity index (χ0) is 35.4. The molecule has 0 rings (SSSR count). The molecular formula is C44H87AgO4. The van der Waals surface area contributed by atoms with Crippen molar-refractivity contribution in [2.75, 3.05) is 0 Å². The molecule has 0 aliphatic carbocycles. The van der Waals surface area contributed by atoms with Crippen molar-refractivity contribution in [2.24, 2.45) is 0 Å². The van der Waals surface area contributed by atoms with Gasteiger partial charge in [0.25, 0.3) is 0 Å². The topological polar surface area (TPSA) is 77.4 Å². The molecule has 0 unspecified atom stereocenters. The molecule has 0 saturated heterocycles. The molecule has 0 aliphatic heterocycles. The Hall–Kier alpha value is -0.320. The second-order valence-electron chi connectivity index (χ2n) is 15.0. The number of aliphatic carboxylic acids is 2. The zero-order valence-corrected chi connectivity index (χ0v) is 34.7. The molecule has 49 heavy (non-hydrogen) atoms. The van der Waals surface area contributed by atoms with Crippen LogP contribution in [-0.4, -0.2) is 17.0 Å². The summed E-state index contributed by atoms with van der Waals surface area (Å²) in [5, 5.41) is 18.8. The van der Waals surface area contributed by atoms with Crippen LogP contribution < -0.4 is 5.11 Å². The summed E-state index contributed by atoms with van der Waals surface area (Å²) >= 11 is 0. The summed E-state index contributed by atoms with van der Waals surface area (Å²) in [6, 6.07) is 0. The maximum absolute atomic E-state index is 10.4. The first-order chi connectivity index (χ1) is 23.5. The van der Waals surface area contributed by atoms with Crippen molar-refractivity contribution >= 4 is 11.9 Å². The Morgan fingerprint density at radius 3 is 0.653 bits per heavy atom. The van der Waals surface area contributed by atoms with Gasteiger partial charge in [0, 0.05) is 12.4 Å². The van der Waals surface area contributed by atoms with E-state index in [4.69, 9.17) is 5.11 Å². The number of hydrogen-bond donors (Lipinski definition) is 1. The number of rotatable bonds is 40. The second-order valence-corrected chi connectivity index (χ2v) is 15.0. The Labute approximate surface area is 323 Å². The molecule has 0 spiro atoms. The summed E-state index contributed by atoms with van der Waals surface area (Å²) in [4.78, 5) is 20.7. The van der Waals surface area contributed by atoms with E-state index in [1.54, 1.807) is 0 Å². The van der Waals surface area contributed by atoms with Gasteiger partial charge in [0.2, 0.25) is 0 Å². The molecule has 0 aliphatic rings. The minimum absolute atomic E-state index is 0. The van der Waals surface area contributed by atoms with Crippen molar-refractivity contribution in [2.45, 2.75) is 271 Å². The Morgan fingerprint density at radius 2 is 0.490 bits per heavy atom. The van der Waals surface area contributed by atoms with Gasteiger partial charge in [0.15, 0.2) is 0 Å². The van der Waals surface area contributed by atoms with Gasteiger partial charge in [-0.3, -0.25) is 4.79 Å². The fraction of sp³-hybridized carbons (Fsp3) is 0.955. The molecule has 0 saturated carbocycles. The standard InChI is InChI=1S/2C22H44O2.Ag/c2*1-2-3-4-5-6-7-8-9-10-11-12-13-14-15-16-17-18-19-20-21-22(23)24;/h2*2-21H2,1H3,(H,23,24);/q;;+1/p-1. The SMILES string of the molecule is CCCCCCCCCCCCCCCCCCCCCC(=O)O.CCCCCCCCCCCCCCCCCCCCCC(=O)[O-].[Ag+]. The van der Waals surface area contributed by atoms with Gasteiger partial charge in [-0.25, -0.2) is 0 Å². The predicted molar refractivity (Wildman–Crippen MR) is 209 cm³/mol. The summed E-state index contributed by atoms with van der Waals surface area (Å²) in [6.45, 7) is 4.56. The van der Waals surface area contributed by atoms with Gasteiger partial charge in [0.05, 0.1) is 0 Å². The van der Waals surface area contributed by atoms with E-state index in [-0.39, 0.29) is 28.8 Å². The van der Waals surface area contributed by atoms with Gasteiger partial charge in [-0.05, 0) is 19.3 Å². The first kappa shape index (κ1) is 53.0. The van der Waals surface area contributed by atoms with Crippen molar-refractivity contribution in [3.05, 3.63) is 0 Å². The summed E-state index contributed by atoms with van der Waals surface area (Å²) < 4.78 is 0. The molecule has 0 bridgehead atoms. The van der Waals surface area contributed by atoms with E-state index in [1.807, 2.05) is 0 Å². The molecule has 0 aromatic heterocycles. The van der Waals surface area contributed by atoms with Crippen LogP contribution in [-0.2, 0) is 32.0 Å². The Balaban J connectivity index is -0.000000846. The summed E-state index contributed by atoms with van der Waals surface area (Å²) in [5.41, 5.74) is 0. The van der Waals surface area contributed by atoms with Crippen molar-refractivity contribution in [1.82, 2.24) is 0 Å². The summed E-state index contributed by atoms with van der Waals surface area (Å²) in [6.07, 6.45) is 51.8. The average Bonchev–Trinajstić information content (AvgIpc) is 3.07. The number of carbonyl (C=O) groups excluding carboxylic acids is 1. The molecule has 0 aromatic rings. The van der Waals surface area contributed by atoms with Gasteiger partial charge >= 0.3 is 28.3 Å². The van der Waals surface area contributed by atoms with E-state index in [0.717, 1.165) is 25.7 Å². The number of unbranched alkanes of at least 4 members (excludes halogenated alkanes) is 36. The van der Waals surface area contributed by atoms with Crippen LogP contribution in [0.3, 0.4) is 0 Å². The minimum atomic E-state index is -0.901. The third-order valence-corrected chi connectivity index (χ3v) is 9.98. The van der Waals surface area contributed by atoms with Gasteiger partial charge in [-0.15, -0.1) is 0 Å². The normalized spacial score (nSPS) is 10.8. The van der Waals surface area contributed by atoms with Crippen molar-refractivity contribution in [3.8, 4) is 0 Å². The van der Waals surface area contributed by atoms with Crippen LogP contribution >= 0.6 is 0 Å². The average molecular weight is 788 g/mol. The van der Waals surface area contributed by atoms with Gasteiger partial charge in [0.1, 0.15) is 0 Å². The van der Waals surface area contributed by atoms with Crippen LogP contribution in [0, 0.1) is 0 Å². The third-order valence-electron chi connectivity index (χ3n) is 9.98. The Bertz CT molecular complexity index is 560. The molecule has 298 valence electrons. The molecule has 5 heteroatoms. The van der Waals surface area contributed by atoms with E-state index < -0.39 is 11.9 Å². The molecule has 0 atom stereocenters. The third kappa shape index (κ3) is 57.3.